The lowest BCUT2D eigenvalue weighted by molar-refractivity contribution is 0.631. The SMILES string of the molecule is CC(=NNc1cc(NN=C(C)c2ccncc2)nc(Nc2cc(C)ccc2F)n1)c1ccncc1. The highest BCUT2D eigenvalue weighted by molar-refractivity contribution is 5.99. The highest BCUT2D eigenvalue weighted by Gasteiger charge is 2.09. The van der Waals surface area contributed by atoms with Crippen molar-refractivity contribution in [3.05, 3.63) is 95.8 Å². The van der Waals surface area contributed by atoms with E-state index in [1.54, 1.807) is 43.0 Å². The molecular weight excluding hydrogens is 445 g/mol. The van der Waals surface area contributed by atoms with Crippen LogP contribution in [-0.2, 0) is 0 Å². The van der Waals surface area contributed by atoms with Gasteiger partial charge in [0.1, 0.15) is 5.82 Å². The fourth-order valence-electron chi connectivity index (χ4n) is 3.07. The maximum Gasteiger partial charge on any atom is 0.231 e. The smallest absolute Gasteiger partial charge is 0.231 e. The fraction of sp³-hybridized carbons (Fsp3) is 0.120. The highest BCUT2D eigenvalue weighted by Crippen LogP contribution is 2.22. The summed E-state index contributed by atoms with van der Waals surface area (Å²) < 4.78 is 14.3. The Kier molecular flexibility index (Phi) is 7.31. The molecule has 0 unspecified atom stereocenters. The minimum atomic E-state index is -0.412. The molecule has 1 aromatic carbocycles. The topological polar surface area (TPSA) is 112 Å². The number of nitrogens with zero attached hydrogens (tertiary/aromatic N) is 6. The standard InChI is InChI=1S/C25H24FN9/c1-16-4-5-21(26)22(14-16)29-25-30-23(34-32-17(2)19-6-10-27-11-7-19)15-24(31-25)35-33-18(3)20-8-12-28-13-9-20/h4-15H,1-3H3,(H3,29,30,31,34,35). The van der Waals surface area contributed by atoms with Crippen molar-refractivity contribution in [2.75, 3.05) is 16.2 Å². The Balaban J connectivity index is 1.63. The first-order valence-corrected chi connectivity index (χ1v) is 10.8. The molecule has 0 spiro atoms. The Morgan fingerprint density at radius 2 is 1.26 bits per heavy atom. The molecule has 0 aliphatic heterocycles. The lowest BCUT2D eigenvalue weighted by atomic mass is 10.2. The maximum atomic E-state index is 14.3. The van der Waals surface area contributed by atoms with Crippen molar-refractivity contribution in [1.29, 1.82) is 0 Å². The zero-order valence-corrected chi connectivity index (χ0v) is 19.5. The number of benzene rings is 1. The Bertz CT molecular complexity index is 1280. The molecule has 4 aromatic rings. The summed E-state index contributed by atoms with van der Waals surface area (Å²) in [6.45, 7) is 5.61. The normalized spacial score (nSPS) is 11.8. The number of aromatic nitrogens is 4. The van der Waals surface area contributed by atoms with E-state index in [2.05, 4.69) is 46.3 Å². The lowest BCUT2D eigenvalue weighted by Crippen LogP contribution is -2.07. The molecule has 0 saturated heterocycles. The van der Waals surface area contributed by atoms with Crippen LogP contribution < -0.4 is 16.2 Å². The Morgan fingerprint density at radius 1 is 0.743 bits per heavy atom. The monoisotopic (exact) mass is 469 g/mol. The molecular formula is C25H24FN9. The van der Waals surface area contributed by atoms with Crippen LogP contribution in [0.15, 0.2) is 83.5 Å². The first-order chi connectivity index (χ1) is 17.0. The number of hydrazone groups is 2. The summed E-state index contributed by atoms with van der Waals surface area (Å²) in [6.07, 6.45) is 6.79. The van der Waals surface area contributed by atoms with Gasteiger partial charge in [0.15, 0.2) is 11.6 Å². The molecule has 176 valence electrons. The van der Waals surface area contributed by atoms with Crippen molar-refractivity contribution in [1.82, 2.24) is 19.9 Å². The van der Waals surface area contributed by atoms with E-state index < -0.39 is 5.82 Å². The first kappa shape index (κ1) is 23.4. The average molecular weight is 470 g/mol. The Morgan fingerprint density at radius 3 is 1.77 bits per heavy atom. The van der Waals surface area contributed by atoms with Crippen LogP contribution in [0.1, 0.15) is 30.5 Å². The molecule has 0 saturated carbocycles. The van der Waals surface area contributed by atoms with Crippen LogP contribution in [0.5, 0.6) is 0 Å². The second kappa shape index (κ2) is 10.9. The van der Waals surface area contributed by atoms with Gasteiger partial charge in [0.2, 0.25) is 5.95 Å². The van der Waals surface area contributed by atoms with Crippen molar-refractivity contribution in [2.24, 2.45) is 10.2 Å². The van der Waals surface area contributed by atoms with Gasteiger partial charge in [-0.3, -0.25) is 20.8 Å². The van der Waals surface area contributed by atoms with Gasteiger partial charge in [0.25, 0.3) is 0 Å². The van der Waals surface area contributed by atoms with Crippen molar-refractivity contribution in [2.45, 2.75) is 20.8 Å². The summed E-state index contributed by atoms with van der Waals surface area (Å²) in [5.74, 6) is 0.548. The van der Waals surface area contributed by atoms with E-state index in [9.17, 15) is 4.39 Å². The quantitative estimate of drug-likeness (QED) is 0.242. The Labute approximate surface area is 202 Å². The van der Waals surface area contributed by atoms with E-state index in [1.807, 2.05) is 45.0 Å². The molecule has 0 aliphatic carbocycles. The number of hydrogen-bond donors (Lipinski definition) is 3. The van der Waals surface area contributed by atoms with Crippen molar-refractivity contribution >= 4 is 34.7 Å². The van der Waals surface area contributed by atoms with Gasteiger partial charge >= 0.3 is 0 Å². The third kappa shape index (κ3) is 6.41. The molecule has 0 radical (unpaired) electrons. The molecule has 3 aromatic heterocycles. The number of nitrogens with one attached hydrogen (secondary N) is 3. The molecule has 0 atom stereocenters. The minimum Gasteiger partial charge on any atom is -0.322 e. The Hall–Kier alpha value is -4.73. The molecule has 35 heavy (non-hydrogen) atoms. The zero-order chi connectivity index (χ0) is 24.6. The summed E-state index contributed by atoms with van der Waals surface area (Å²) in [6, 6.07) is 13.9. The number of hydrogen-bond acceptors (Lipinski definition) is 9. The van der Waals surface area contributed by atoms with Crippen LogP contribution in [0.25, 0.3) is 0 Å². The van der Waals surface area contributed by atoms with E-state index in [0.717, 1.165) is 28.1 Å². The van der Waals surface area contributed by atoms with Crippen LogP contribution in [-0.4, -0.2) is 31.4 Å². The lowest BCUT2D eigenvalue weighted by Gasteiger charge is -2.11. The molecule has 4 rings (SSSR count). The molecule has 3 N–H and O–H groups in total. The van der Waals surface area contributed by atoms with Crippen LogP contribution in [0.4, 0.5) is 27.7 Å². The predicted octanol–water partition coefficient (Wildman–Crippen LogP) is 5.13. The number of anilines is 4. The van der Waals surface area contributed by atoms with E-state index in [0.29, 0.717) is 11.6 Å². The van der Waals surface area contributed by atoms with E-state index in [4.69, 9.17) is 0 Å². The summed E-state index contributed by atoms with van der Waals surface area (Å²) in [5, 5.41) is 11.8. The largest absolute Gasteiger partial charge is 0.322 e. The average Bonchev–Trinajstić information content (AvgIpc) is 2.89. The van der Waals surface area contributed by atoms with Gasteiger partial charge in [-0.15, -0.1) is 0 Å². The van der Waals surface area contributed by atoms with Crippen LogP contribution in [0.3, 0.4) is 0 Å². The number of pyridine rings is 2. The van der Waals surface area contributed by atoms with Gasteiger partial charge in [-0.2, -0.15) is 20.2 Å². The van der Waals surface area contributed by atoms with Gasteiger partial charge in [0, 0.05) is 42.0 Å². The summed E-state index contributed by atoms with van der Waals surface area (Å²) in [7, 11) is 0. The molecule has 10 heteroatoms. The third-order valence-electron chi connectivity index (χ3n) is 4.97. The molecule has 0 fully saturated rings. The van der Waals surface area contributed by atoms with Crippen molar-refractivity contribution in [3.63, 3.8) is 0 Å². The highest BCUT2D eigenvalue weighted by atomic mass is 19.1. The van der Waals surface area contributed by atoms with Gasteiger partial charge < -0.3 is 5.32 Å². The summed E-state index contributed by atoms with van der Waals surface area (Å²) in [5.41, 5.74) is 10.4. The van der Waals surface area contributed by atoms with E-state index in [-0.39, 0.29) is 11.6 Å². The van der Waals surface area contributed by atoms with E-state index in [1.165, 1.54) is 6.07 Å². The first-order valence-electron chi connectivity index (χ1n) is 10.8. The van der Waals surface area contributed by atoms with Crippen LogP contribution in [0, 0.1) is 12.7 Å². The second-order valence-corrected chi connectivity index (χ2v) is 7.66. The van der Waals surface area contributed by atoms with Gasteiger partial charge in [-0.1, -0.05) is 6.07 Å². The number of rotatable bonds is 8. The van der Waals surface area contributed by atoms with Crippen LogP contribution in [0.2, 0.25) is 0 Å². The maximum absolute atomic E-state index is 14.3. The van der Waals surface area contributed by atoms with Gasteiger partial charge in [-0.25, -0.2) is 4.39 Å². The minimum absolute atomic E-state index is 0.176. The fourth-order valence-corrected chi connectivity index (χ4v) is 3.07. The summed E-state index contributed by atoms with van der Waals surface area (Å²) >= 11 is 0. The van der Waals surface area contributed by atoms with Gasteiger partial charge in [-0.05, 0) is 62.7 Å². The summed E-state index contributed by atoms with van der Waals surface area (Å²) in [4.78, 5) is 16.9. The van der Waals surface area contributed by atoms with E-state index >= 15 is 0 Å². The number of halogens is 1. The molecule has 0 amide bonds. The van der Waals surface area contributed by atoms with Crippen molar-refractivity contribution < 1.29 is 4.39 Å². The molecule has 0 aliphatic rings. The van der Waals surface area contributed by atoms with Gasteiger partial charge in [0.05, 0.1) is 17.1 Å². The second-order valence-electron chi connectivity index (χ2n) is 7.66. The van der Waals surface area contributed by atoms with Crippen molar-refractivity contribution in [3.8, 4) is 0 Å². The predicted molar refractivity (Wildman–Crippen MR) is 137 cm³/mol. The molecule has 3 heterocycles. The third-order valence-corrected chi connectivity index (χ3v) is 4.97. The zero-order valence-electron chi connectivity index (χ0n) is 19.5. The molecule has 9 nitrogen and oxygen atoms in total. The molecule has 0 bridgehead atoms. The van der Waals surface area contributed by atoms with Crippen LogP contribution >= 0.6 is 0 Å². The number of aryl methyl sites for hydroxylation is 1.